The van der Waals surface area contributed by atoms with Crippen LogP contribution in [-0.4, -0.2) is 15.3 Å². The maximum atomic E-state index is 10.1. The van der Waals surface area contributed by atoms with Crippen molar-refractivity contribution < 1.29 is 5.11 Å². The topological polar surface area (TPSA) is 74.9 Å². The number of nitrogen functional groups attached to an aromatic ring is 1. The van der Waals surface area contributed by atoms with E-state index in [4.69, 9.17) is 5.73 Å². The second-order valence-corrected chi connectivity index (χ2v) is 4.45. The standard InChI is InChI=1S/C13H17N3O/c1-8-3-9(2)5-10(4-8)6-12(17)11-7-15-16-13(11)14/h3-5,7,12,17H,6H2,1-2H3,(H3,14,15,16). The number of aromatic amines is 1. The van der Waals surface area contributed by atoms with Crippen molar-refractivity contribution in [1.82, 2.24) is 10.2 Å². The molecule has 0 fully saturated rings. The molecule has 1 aromatic carbocycles. The third-order valence-corrected chi connectivity index (χ3v) is 2.77. The third kappa shape index (κ3) is 2.65. The van der Waals surface area contributed by atoms with Crippen LogP contribution in [0, 0.1) is 13.8 Å². The van der Waals surface area contributed by atoms with Crippen molar-refractivity contribution in [3.05, 3.63) is 46.6 Å². The van der Waals surface area contributed by atoms with Gasteiger partial charge in [0.25, 0.3) is 0 Å². The van der Waals surface area contributed by atoms with Crippen molar-refractivity contribution in [3.8, 4) is 0 Å². The summed E-state index contributed by atoms with van der Waals surface area (Å²) in [5.41, 5.74) is 9.84. The molecule has 90 valence electrons. The van der Waals surface area contributed by atoms with Crippen LogP contribution in [0.5, 0.6) is 0 Å². The Labute approximate surface area is 100 Å². The number of hydrogen-bond donors (Lipinski definition) is 3. The van der Waals surface area contributed by atoms with E-state index in [0.717, 1.165) is 5.56 Å². The van der Waals surface area contributed by atoms with Gasteiger partial charge in [-0.15, -0.1) is 0 Å². The smallest absolute Gasteiger partial charge is 0.124 e. The number of nitrogens with one attached hydrogen (secondary N) is 1. The lowest BCUT2D eigenvalue weighted by molar-refractivity contribution is 0.179. The molecule has 0 saturated carbocycles. The second kappa shape index (κ2) is 4.59. The predicted molar refractivity (Wildman–Crippen MR) is 67.6 cm³/mol. The van der Waals surface area contributed by atoms with Crippen LogP contribution in [0.2, 0.25) is 0 Å². The molecule has 1 atom stereocenters. The SMILES string of the molecule is Cc1cc(C)cc(CC(O)c2cn[nH]c2N)c1. The lowest BCUT2D eigenvalue weighted by atomic mass is 10.00. The largest absolute Gasteiger partial charge is 0.388 e. The highest BCUT2D eigenvalue weighted by molar-refractivity contribution is 5.39. The first-order valence-corrected chi connectivity index (χ1v) is 5.60. The van der Waals surface area contributed by atoms with Crippen LogP contribution in [0.25, 0.3) is 0 Å². The van der Waals surface area contributed by atoms with Crippen LogP contribution in [0.4, 0.5) is 5.82 Å². The van der Waals surface area contributed by atoms with Crippen molar-refractivity contribution in [2.24, 2.45) is 0 Å². The summed E-state index contributed by atoms with van der Waals surface area (Å²) in [6.07, 6.45) is 1.50. The Morgan fingerprint density at radius 2 is 1.94 bits per heavy atom. The Bertz CT molecular complexity index is 499. The Morgan fingerprint density at radius 3 is 2.47 bits per heavy atom. The fourth-order valence-electron chi connectivity index (χ4n) is 2.09. The van der Waals surface area contributed by atoms with Crippen LogP contribution in [-0.2, 0) is 6.42 Å². The van der Waals surface area contributed by atoms with Gasteiger partial charge in [0.05, 0.1) is 12.3 Å². The van der Waals surface area contributed by atoms with Crippen molar-refractivity contribution in [2.45, 2.75) is 26.4 Å². The quantitative estimate of drug-likeness (QED) is 0.755. The number of H-pyrrole nitrogens is 1. The molecule has 0 amide bonds. The van der Waals surface area contributed by atoms with E-state index in [-0.39, 0.29) is 0 Å². The summed E-state index contributed by atoms with van der Waals surface area (Å²) in [6.45, 7) is 4.10. The van der Waals surface area contributed by atoms with E-state index in [1.54, 1.807) is 6.20 Å². The molecule has 0 aliphatic heterocycles. The average molecular weight is 231 g/mol. The van der Waals surface area contributed by atoms with Gasteiger partial charge in [0.1, 0.15) is 5.82 Å². The van der Waals surface area contributed by atoms with Gasteiger partial charge in [-0.3, -0.25) is 5.10 Å². The minimum Gasteiger partial charge on any atom is -0.388 e. The molecule has 17 heavy (non-hydrogen) atoms. The first-order valence-electron chi connectivity index (χ1n) is 5.60. The first-order chi connectivity index (χ1) is 8.06. The Morgan fingerprint density at radius 1 is 1.29 bits per heavy atom. The molecule has 1 unspecified atom stereocenters. The fourth-order valence-corrected chi connectivity index (χ4v) is 2.09. The minimum absolute atomic E-state index is 0.432. The molecule has 0 radical (unpaired) electrons. The normalized spacial score (nSPS) is 12.6. The molecule has 0 spiro atoms. The highest BCUT2D eigenvalue weighted by Gasteiger charge is 2.13. The number of nitrogens with zero attached hydrogens (tertiary/aromatic N) is 1. The van der Waals surface area contributed by atoms with Crippen molar-refractivity contribution in [3.63, 3.8) is 0 Å². The number of nitrogens with two attached hydrogens (primary N) is 1. The van der Waals surface area contributed by atoms with E-state index in [1.807, 2.05) is 0 Å². The summed E-state index contributed by atoms with van der Waals surface area (Å²) in [4.78, 5) is 0. The van der Waals surface area contributed by atoms with E-state index in [1.165, 1.54) is 11.1 Å². The molecular formula is C13H17N3O. The predicted octanol–water partition coefficient (Wildman–Crippen LogP) is 1.88. The summed E-state index contributed by atoms with van der Waals surface area (Å²) in [5.74, 6) is 0.432. The lowest BCUT2D eigenvalue weighted by Crippen LogP contribution is -2.04. The number of benzene rings is 1. The Balaban J connectivity index is 2.18. The van der Waals surface area contributed by atoms with Crippen molar-refractivity contribution in [2.75, 3.05) is 5.73 Å². The molecule has 4 heteroatoms. The molecule has 0 aliphatic rings. The number of rotatable bonds is 3. The number of aliphatic hydroxyl groups is 1. The summed E-state index contributed by atoms with van der Waals surface area (Å²) < 4.78 is 0. The lowest BCUT2D eigenvalue weighted by Gasteiger charge is -2.11. The molecule has 0 aliphatic carbocycles. The molecule has 4 nitrogen and oxygen atoms in total. The molecule has 4 N–H and O–H groups in total. The van der Waals surface area contributed by atoms with Crippen molar-refractivity contribution >= 4 is 5.82 Å². The number of anilines is 1. The summed E-state index contributed by atoms with van der Waals surface area (Å²) in [5, 5.41) is 16.5. The highest BCUT2D eigenvalue weighted by atomic mass is 16.3. The zero-order chi connectivity index (χ0) is 12.4. The van der Waals surface area contributed by atoms with E-state index in [9.17, 15) is 5.11 Å². The van der Waals surface area contributed by atoms with Crippen LogP contribution < -0.4 is 5.73 Å². The fraction of sp³-hybridized carbons (Fsp3) is 0.308. The molecular weight excluding hydrogens is 214 g/mol. The zero-order valence-electron chi connectivity index (χ0n) is 10.1. The summed E-state index contributed by atoms with van der Waals surface area (Å²) >= 11 is 0. The summed E-state index contributed by atoms with van der Waals surface area (Å²) in [7, 11) is 0. The van der Waals surface area contributed by atoms with Gasteiger partial charge in [-0.25, -0.2) is 0 Å². The molecule has 0 bridgehead atoms. The number of aromatic nitrogens is 2. The molecule has 2 aromatic rings. The molecule has 2 rings (SSSR count). The number of hydrogen-bond acceptors (Lipinski definition) is 3. The van der Waals surface area contributed by atoms with Gasteiger partial charge >= 0.3 is 0 Å². The Kier molecular flexibility index (Phi) is 3.15. The van der Waals surface area contributed by atoms with Gasteiger partial charge < -0.3 is 10.8 Å². The highest BCUT2D eigenvalue weighted by Crippen LogP contribution is 2.22. The first kappa shape index (κ1) is 11.7. The average Bonchev–Trinajstić information content (AvgIpc) is 2.62. The van der Waals surface area contributed by atoms with Gasteiger partial charge in [0.15, 0.2) is 0 Å². The van der Waals surface area contributed by atoms with Gasteiger partial charge in [-0.2, -0.15) is 5.10 Å². The zero-order valence-corrected chi connectivity index (χ0v) is 10.1. The number of aryl methyl sites for hydroxylation is 2. The second-order valence-electron chi connectivity index (χ2n) is 4.45. The third-order valence-electron chi connectivity index (χ3n) is 2.77. The van der Waals surface area contributed by atoms with Crippen molar-refractivity contribution in [1.29, 1.82) is 0 Å². The molecule has 1 heterocycles. The van der Waals surface area contributed by atoms with E-state index < -0.39 is 6.10 Å². The van der Waals surface area contributed by atoms with Crippen LogP contribution in [0.1, 0.15) is 28.4 Å². The maximum absolute atomic E-state index is 10.1. The number of aliphatic hydroxyl groups excluding tert-OH is 1. The van der Waals surface area contributed by atoms with Gasteiger partial charge in [0.2, 0.25) is 0 Å². The van der Waals surface area contributed by atoms with Gasteiger partial charge in [-0.05, 0) is 19.4 Å². The van der Waals surface area contributed by atoms with E-state index in [2.05, 4.69) is 42.2 Å². The molecule has 1 aromatic heterocycles. The van der Waals surface area contributed by atoms with Gasteiger partial charge in [0, 0.05) is 12.0 Å². The maximum Gasteiger partial charge on any atom is 0.124 e. The van der Waals surface area contributed by atoms with E-state index in [0.29, 0.717) is 17.8 Å². The molecule has 0 saturated heterocycles. The van der Waals surface area contributed by atoms with Crippen LogP contribution >= 0.6 is 0 Å². The summed E-state index contributed by atoms with van der Waals surface area (Å²) in [6, 6.07) is 6.26. The Hall–Kier alpha value is -1.81. The van der Waals surface area contributed by atoms with Gasteiger partial charge in [-0.1, -0.05) is 29.3 Å². The monoisotopic (exact) mass is 231 g/mol. The van der Waals surface area contributed by atoms with Crippen LogP contribution in [0.15, 0.2) is 24.4 Å². The van der Waals surface area contributed by atoms with Crippen LogP contribution in [0.3, 0.4) is 0 Å². The van der Waals surface area contributed by atoms with E-state index >= 15 is 0 Å². The minimum atomic E-state index is -0.616.